The van der Waals surface area contributed by atoms with Gasteiger partial charge in [0.25, 0.3) is 0 Å². The van der Waals surface area contributed by atoms with Crippen LogP contribution in [0.3, 0.4) is 0 Å². The van der Waals surface area contributed by atoms with Gasteiger partial charge in [-0.2, -0.15) is 0 Å². The van der Waals surface area contributed by atoms with Crippen LogP contribution in [-0.2, 0) is 151 Å². The van der Waals surface area contributed by atoms with Gasteiger partial charge in [-0.05, 0) is 0 Å². The van der Waals surface area contributed by atoms with Gasteiger partial charge in [0.05, 0.1) is 15.7 Å². The second-order valence-electron chi connectivity index (χ2n) is 0. The fraction of sp³-hybridized carbons (Fsp3) is 1.00. The maximum absolute atomic E-state index is 4.50. The Bertz CT molecular complexity index is 22.6. The molecular weight excluding hydrogens is 556 g/mol. The average molecular weight is 574 g/mol. The van der Waals surface area contributed by atoms with Gasteiger partial charge in [0, 0.05) is 151 Å². The van der Waals surface area contributed by atoms with Crippen LogP contribution in [0.4, 0.5) is 0 Å². The first kappa shape index (κ1) is 63.6. The molecule has 0 atom stereocenters. The molecule has 8 radical (unpaired) electrons. The van der Waals surface area contributed by atoms with Gasteiger partial charge in [-0.3, -0.25) is 0 Å². The van der Waals surface area contributed by atoms with E-state index in [4.69, 9.17) is 0 Å². The van der Waals surface area contributed by atoms with E-state index in [2.05, 4.69) is 15.7 Å². The standard InChI is InChI=1S/2C2H6.2CH3B.Pd.4Y/c4*1-2;;;;;/h2*1-2H3;2*1H3;;;;;. The van der Waals surface area contributed by atoms with Crippen molar-refractivity contribution >= 4 is 15.7 Å². The topological polar surface area (TPSA) is 0 Å². The largest absolute Gasteiger partial charge is 0.0999 e. The molecular formula is C6H18B2PdY4. The van der Waals surface area contributed by atoms with Gasteiger partial charge >= 0.3 is 0 Å². The molecule has 0 aromatic rings. The van der Waals surface area contributed by atoms with Gasteiger partial charge < -0.3 is 0 Å². The summed E-state index contributed by atoms with van der Waals surface area (Å²) < 4.78 is 0. The van der Waals surface area contributed by atoms with Gasteiger partial charge in [0.1, 0.15) is 0 Å². The first-order valence-corrected chi connectivity index (χ1v) is 3.15. The molecule has 0 heterocycles. The monoisotopic (exact) mass is 574 g/mol. The zero-order valence-electron chi connectivity index (χ0n) is 9.78. The van der Waals surface area contributed by atoms with Crippen molar-refractivity contribution < 1.29 is 151 Å². The molecule has 0 aromatic heterocycles. The SMILES string of the molecule is CC.CC.[B]C.[B]C.[Pd].[Y].[Y].[Y].[Y]. The summed E-state index contributed by atoms with van der Waals surface area (Å²) in [5, 5.41) is 0. The van der Waals surface area contributed by atoms with Crippen LogP contribution in [0.5, 0.6) is 0 Å². The molecule has 0 aliphatic heterocycles. The van der Waals surface area contributed by atoms with Crippen LogP contribution >= 0.6 is 0 Å². The van der Waals surface area contributed by atoms with Crippen LogP contribution in [-0.4, -0.2) is 15.7 Å². The van der Waals surface area contributed by atoms with E-state index in [0.717, 1.165) is 0 Å². The summed E-state index contributed by atoms with van der Waals surface area (Å²) in [4.78, 5) is 0. The van der Waals surface area contributed by atoms with E-state index >= 15 is 0 Å². The summed E-state index contributed by atoms with van der Waals surface area (Å²) in [5.74, 6) is 0. The van der Waals surface area contributed by atoms with Crippen molar-refractivity contribution in [3.05, 3.63) is 0 Å². The molecule has 0 saturated heterocycles. The van der Waals surface area contributed by atoms with Crippen LogP contribution < -0.4 is 0 Å². The Balaban J connectivity index is -0.00000000208. The Kier molecular flexibility index (Phi) is 815. The summed E-state index contributed by atoms with van der Waals surface area (Å²) in [5.41, 5.74) is 0. The molecule has 0 amide bonds. The number of hydrogen-bond donors (Lipinski definition) is 0. The van der Waals surface area contributed by atoms with Crippen molar-refractivity contribution in [1.82, 2.24) is 0 Å². The summed E-state index contributed by atoms with van der Waals surface area (Å²) in [6.45, 7) is 11.0. The second kappa shape index (κ2) is 167. The molecule has 0 fully saturated rings. The quantitative estimate of drug-likeness (QED) is 0.391. The molecule has 13 heavy (non-hydrogen) atoms. The smallest absolute Gasteiger partial charge is 0.0606 e. The molecule has 7 heteroatoms. The van der Waals surface area contributed by atoms with Gasteiger partial charge in [-0.15, -0.1) is 0 Å². The molecule has 0 saturated carbocycles. The maximum atomic E-state index is 4.50. The van der Waals surface area contributed by atoms with Gasteiger partial charge in [0.15, 0.2) is 0 Å². The molecule has 0 spiro atoms. The van der Waals surface area contributed by atoms with Crippen molar-refractivity contribution in [3.8, 4) is 0 Å². The van der Waals surface area contributed by atoms with Crippen LogP contribution in [0, 0.1) is 0 Å². The maximum Gasteiger partial charge on any atom is 0.0606 e. The Labute approximate surface area is 203 Å². The van der Waals surface area contributed by atoms with E-state index in [9.17, 15) is 0 Å². The Hall–Kier alpha value is 5.21. The Morgan fingerprint density at radius 1 is 0.462 bits per heavy atom. The summed E-state index contributed by atoms with van der Waals surface area (Å²) in [7, 11) is 9.00. The minimum absolute atomic E-state index is 0. The molecule has 0 aliphatic rings. The van der Waals surface area contributed by atoms with Crippen LogP contribution in [0.15, 0.2) is 0 Å². The third-order valence-electron chi connectivity index (χ3n) is 0. The van der Waals surface area contributed by atoms with Gasteiger partial charge in [-0.25, -0.2) is 0 Å². The zero-order chi connectivity index (χ0) is 8.00. The first-order chi connectivity index (χ1) is 4.00. The van der Waals surface area contributed by atoms with Crippen LogP contribution in [0.25, 0.3) is 0 Å². The minimum Gasteiger partial charge on any atom is -0.0999 e. The summed E-state index contributed by atoms with van der Waals surface area (Å²) in [6, 6.07) is 0. The second-order valence-corrected chi connectivity index (χ2v) is 0. The third-order valence-corrected chi connectivity index (χ3v) is 0. The summed E-state index contributed by atoms with van der Waals surface area (Å²) >= 11 is 0. The van der Waals surface area contributed by atoms with E-state index < -0.39 is 0 Å². The predicted molar refractivity (Wildman–Crippen MR) is 45.9 cm³/mol. The number of rotatable bonds is 0. The van der Waals surface area contributed by atoms with E-state index in [1.807, 2.05) is 27.7 Å². The Morgan fingerprint density at radius 2 is 0.462 bits per heavy atom. The molecule has 0 rings (SSSR count). The molecule has 0 nitrogen and oxygen atoms in total. The van der Waals surface area contributed by atoms with Crippen LogP contribution in [0.2, 0.25) is 13.6 Å². The predicted octanol–water partition coefficient (Wildman–Crippen LogP) is 2.45. The first-order valence-electron chi connectivity index (χ1n) is 3.15. The molecule has 0 bridgehead atoms. The van der Waals surface area contributed by atoms with Crippen LogP contribution in [0.1, 0.15) is 27.7 Å². The van der Waals surface area contributed by atoms with E-state index in [0.29, 0.717) is 0 Å². The van der Waals surface area contributed by atoms with Crippen molar-refractivity contribution in [2.75, 3.05) is 0 Å². The molecule has 0 unspecified atom stereocenters. The van der Waals surface area contributed by atoms with Crippen molar-refractivity contribution in [2.24, 2.45) is 0 Å². The molecule has 70 valence electrons. The van der Waals surface area contributed by atoms with E-state index in [1.165, 1.54) is 13.6 Å². The molecule has 0 N–H and O–H groups in total. The van der Waals surface area contributed by atoms with Gasteiger partial charge in [0.2, 0.25) is 0 Å². The minimum atomic E-state index is 0. The zero-order valence-corrected chi connectivity index (χ0v) is 22.7. The third kappa shape index (κ3) is 147. The Morgan fingerprint density at radius 3 is 0.462 bits per heavy atom. The summed E-state index contributed by atoms with van der Waals surface area (Å²) in [6.07, 6.45) is 0. The normalized spacial score (nSPS) is 1.69. The van der Waals surface area contributed by atoms with Crippen molar-refractivity contribution in [3.63, 3.8) is 0 Å². The molecule has 0 aliphatic carbocycles. The van der Waals surface area contributed by atoms with Gasteiger partial charge in [-0.1, -0.05) is 41.3 Å². The fourth-order valence-electron chi connectivity index (χ4n) is 0. The molecule has 0 aromatic carbocycles. The fourth-order valence-corrected chi connectivity index (χ4v) is 0. The number of hydrogen-bond acceptors (Lipinski definition) is 0. The average Bonchev–Trinajstić information content (AvgIpc) is 2.03. The van der Waals surface area contributed by atoms with Crippen molar-refractivity contribution in [1.29, 1.82) is 0 Å². The van der Waals surface area contributed by atoms with E-state index in [-0.39, 0.29) is 151 Å². The van der Waals surface area contributed by atoms with Crippen molar-refractivity contribution in [2.45, 2.75) is 41.3 Å². The van der Waals surface area contributed by atoms with E-state index in [1.54, 1.807) is 0 Å².